The maximum Gasteiger partial charge on any atom is 0.143 e. The molecule has 2 aromatic heterocycles. The minimum atomic E-state index is 0.686. The molecule has 0 aliphatic carbocycles. The lowest BCUT2D eigenvalue weighted by molar-refractivity contribution is 0.323. The van der Waals surface area contributed by atoms with Crippen LogP contribution in [0.25, 0.3) is 22.6 Å². The number of aryl methyl sites for hydroxylation is 2. The van der Waals surface area contributed by atoms with E-state index in [-0.39, 0.29) is 0 Å². The van der Waals surface area contributed by atoms with E-state index < -0.39 is 0 Å². The molecule has 0 saturated carbocycles. The number of hydrogen-bond acceptors (Lipinski definition) is 4. The van der Waals surface area contributed by atoms with Gasteiger partial charge in [-0.2, -0.15) is 0 Å². The van der Waals surface area contributed by atoms with Gasteiger partial charge >= 0.3 is 0 Å². The van der Waals surface area contributed by atoms with Crippen LogP contribution >= 0.6 is 0 Å². The molecule has 0 atom stereocenters. The van der Waals surface area contributed by atoms with E-state index in [1.807, 2.05) is 25.1 Å². The molecule has 1 aliphatic heterocycles. The van der Waals surface area contributed by atoms with Crippen LogP contribution in [0.15, 0.2) is 36.4 Å². The third-order valence-electron chi connectivity index (χ3n) is 4.59. The van der Waals surface area contributed by atoms with Gasteiger partial charge in [0, 0.05) is 24.2 Å². The van der Waals surface area contributed by atoms with Gasteiger partial charge in [0.25, 0.3) is 0 Å². The average molecular weight is 348 g/mol. The van der Waals surface area contributed by atoms with Gasteiger partial charge in [-0.15, -0.1) is 0 Å². The first-order valence-electron chi connectivity index (χ1n) is 9.28. The normalized spacial score (nSPS) is 13.0. The van der Waals surface area contributed by atoms with Crippen molar-refractivity contribution in [3.05, 3.63) is 47.9 Å². The SMILES string of the molecule is CCCCc1nc(-c2ccc3c(c2)OCCN3)c(-c2cccc(C)n2)[nH]1. The van der Waals surface area contributed by atoms with Gasteiger partial charge in [-0.3, -0.25) is 4.98 Å². The molecule has 0 radical (unpaired) electrons. The van der Waals surface area contributed by atoms with Crippen molar-refractivity contribution < 1.29 is 4.74 Å². The van der Waals surface area contributed by atoms with Crippen LogP contribution in [0.1, 0.15) is 31.3 Å². The number of unbranched alkanes of at least 4 members (excludes halogenated alkanes) is 1. The molecule has 0 saturated heterocycles. The second kappa shape index (κ2) is 7.20. The number of aromatic nitrogens is 3. The van der Waals surface area contributed by atoms with Gasteiger partial charge in [0.05, 0.1) is 22.8 Å². The second-order valence-electron chi connectivity index (χ2n) is 6.66. The summed E-state index contributed by atoms with van der Waals surface area (Å²) in [5.74, 6) is 1.90. The molecule has 1 aliphatic rings. The van der Waals surface area contributed by atoms with Crippen molar-refractivity contribution >= 4 is 5.69 Å². The van der Waals surface area contributed by atoms with Gasteiger partial charge in [0.15, 0.2) is 0 Å². The van der Waals surface area contributed by atoms with E-state index in [1.54, 1.807) is 0 Å². The summed E-state index contributed by atoms with van der Waals surface area (Å²) in [6, 6.07) is 12.3. The number of anilines is 1. The molecule has 5 nitrogen and oxygen atoms in total. The zero-order chi connectivity index (χ0) is 17.9. The second-order valence-corrected chi connectivity index (χ2v) is 6.66. The van der Waals surface area contributed by atoms with Crippen LogP contribution in [0.3, 0.4) is 0 Å². The number of rotatable bonds is 5. The smallest absolute Gasteiger partial charge is 0.143 e. The van der Waals surface area contributed by atoms with Gasteiger partial charge in [-0.1, -0.05) is 25.5 Å². The summed E-state index contributed by atoms with van der Waals surface area (Å²) >= 11 is 0. The molecule has 3 aromatic rings. The molecule has 4 rings (SSSR count). The number of H-pyrrole nitrogens is 1. The Bertz CT molecular complexity index is 916. The zero-order valence-electron chi connectivity index (χ0n) is 15.3. The standard InChI is InChI=1S/C21H24N4O/c1-3-4-8-19-24-20(21(25-19)17-7-5-6-14(2)23-17)15-9-10-16-18(13-15)26-12-11-22-16/h5-7,9-10,13,22H,3-4,8,11-12H2,1-2H3,(H,24,25). The van der Waals surface area contributed by atoms with Gasteiger partial charge in [-0.05, 0) is 37.6 Å². The number of benzene rings is 1. The summed E-state index contributed by atoms with van der Waals surface area (Å²) in [5, 5.41) is 3.36. The zero-order valence-corrected chi connectivity index (χ0v) is 15.3. The molecule has 5 heteroatoms. The highest BCUT2D eigenvalue weighted by Gasteiger charge is 2.18. The van der Waals surface area contributed by atoms with E-state index in [0.717, 1.165) is 71.4 Å². The first kappa shape index (κ1) is 16.6. The third kappa shape index (κ3) is 3.29. The summed E-state index contributed by atoms with van der Waals surface area (Å²) in [7, 11) is 0. The largest absolute Gasteiger partial charge is 0.490 e. The van der Waals surface area contributed by atoms with Crippen LogP contribution in [-0.4, -0.2) is 28.1 Å². The molecule has 0 bridgehead atoms. The van der Waals surface area contributed by atoms with Crippen LogP contribution in [0, 0.1) is 6.92 Å². The predicted molar refractivity (Wildman–Crippen MR) is 105 cm³/mol. The Kier molecular flexibility index (Phi) is 4.61. The van der Waals surface area contributed by atoms with Crippen molar-refractivity contribution in [2.75, 3.05) is 18.5 Å². The van der Waals surface area contributed by atoms with E-state index in [9.17, 15) is 0 Å². The highest BCUT2D eigenvalue weighted by Crippen LogP contribution is 2.35. The molecule has 134 valence electrons. The monoisotopic (exact) mass is 348 g/mol. The van der Waals surface area contributed by atoms with Crippen LogP contribution in [-0.2, 0) is 6.42 Å². The Morgan fingerprint density at radius 3 is 2.92 bits per heavy atom. The molecule has 0 spiro atoms. The van der Waals surface area contributed by atoms with Crippen molar-refractivity contribution in [1.29, 1.82) is 0 Å². The number of hydrogen-bond donors (Lipinski definition) is 2. The molecule has 3 heterocycles. The van der Waals surface area contributed by atoms with Gasteiger partial charge in [-0.25, -0.2) is 4.98 Å². The van der Waals surface area contributed by atoms with Crippen molar-refractivity contribution in [2.45, 2.75) is 33.1 Å². The fourth-order valence-corrected chi connectivity index (χ4v) is 3.24. The summed E-state index contributed by atoms with van der Waals surface area (Å²) in [5.41, 5.74) is 5.92. The third-order valence-corrected chi connectivity index (χ3v) is 4.59. The maximum atomic E-state index is 5.81. The summed E-state index contributed by atoms with van der Waals surface area (Å²) in [6.07, 6.45) is 3.20. The molecular formula is C21H24N4O. The first-order chi connectivity index (χ1) is 12.7. The van der Waals surface area contributed by atoms with Crippen molar-refractivity contribution in [3.8, 4) is 28.4 Å². The minimum absolute atomic E-state index is 0.686. The van der Waals surface area contributed by atoms with Gasteiger partial charge < -0.3 is 15.0 Å². The Balaban J connectivity index is 1.80. The molecule has 1 aromatic carbocycles. The van der Waals surface area contributed by atoms with E-state index in [2.05, 4.69) is 35.4 Å². The Labute approximate surface area is 153 Å². The quantitative estimate of drug-likeness (QED) is 0.708. The van der Waals surface area contributed by atoms with Crippen molar-refractivity contribution in [3.63, 3.8) is 0 Å². The lowest BCUT2D eigenvalue weighted by atomic mass is 10.1. The summed E-state index contributed by atoms with van der Waals surface area (Å²) in [4.78, 5) is 13.1. The maximum absolute atomic E-state index is 5.81. The molecular weight excluding hydrogens is 324 g/mol. The Hall–Kier alpha value is -2.82. The summed E-state index contributed by atoms with van der Waals surface area (Å²) < 4.78 is 5.81. The predicted octanol–water partition coefficient (Wildman–Crippen LogP) is 4.59. The van der Waals surface area contributed by atoms with Crippen LogP contribution in [0.2, 0.25) is 0 Å². The molecule has 26 heavy (non-hydrogen) atoms. The number of ether oxygens (including phenoxy) is 1. The minimum Gasteiger partial charge on any atom is -0.490 e. The molecule has 0 amide bonds. The van der Waals surface area contributed by atoms with E-state index in [1.165, 1.54) is 0 Å². The molecule has 2 N–H and O–H groups in total. The highest BCUT2D eigenvalue weighted by molar-refractivity contribution is 5.79. The molecule has 0 fully saturated rings. The van der Waals surface area contributed by atoms with Crippen molar-refractivity contribution in [1.82, 2.24) is 15.0 Å². The topological polar surface area (TPSA) is 62.8 Å². The van der Waals surface area contributed by atoms with Crippen LogP contribution in [0.5, 0.6) is 5.75 Å². The van der Waals surface area contributed by atoms with Gasteiger partial charge in [0.1, 0.15) is 18.2 Å². The Morgan fingerprint density at radius 1 is 1.15 bits per heavy atom. The van der Waals surface area contributed by atoms with Crippen LogP contribution in [0.4, 0.5) is 5.69 Å². The average Bonchev–Trinajstić information content (AvgIpc) is 3.10. The summed E-state index contributed by atoms with van der Waals surface area (Å²) in [6.45, 7) is 5.73. The van der Waals surface area contributed by atoms with E-state index in [4.69, 9.17) is 14.7 Å². The number of nitrogens with zero attached hydrogens (tertiary/aromatic N) is 2. The fourth-order valence-electron chi connectivity index (χ4n) is 3.24. The van der Waals surface area contributed by atoms with E-state index >= 15 is 0 Å². The number of aromatic amines is 1. The number of fused-ring (bicyclic) bond motifs is 1. The van der Waals surface area contributed by atoms with Gasteiger partial charge in [0.2, 0.25) is 0 Å². The molecule has 0 unspecified atom stereocenters. The number of imidazole rings is 1. The lowest BCUT2D eigenvalue weighted by Crippen LogP contribution is -2.17. The lowest BCUT2D eigenvalue weighted by Gasteiger charge is -2.19. The van der Waals surface area contributed by atoms with Crippen LogP contribution < -0.4 is 10.1 Å². The fraction of sp³-hybridized carbons (Fsp3) is 0.333. The highest BCUT2D eigenvalue weighted by atomic mass is 16.5. The first-order valence-corrected chi connectivity index (χ1v) is 9.28. The number of pyridine rings is 1. The Morgan fingerprint density at radius 2 is 2.08 bits per heavy atom. The van der Waals surface area contributed by atoms with E-state index in [0.29, 0.717) is 6.61 Å². The number of nitrogens with one attached hydrogen (secondary N) is 2. The van der Waals surface area contributed by atoms with Crippen molar-refractivity contribution in [2.24, 2.45) is 0 Å².